The molecule has 4 nitrogen and oxygen atoms in total. The summed E-state index contributed by atoms with van der Waals surface area (Å²) in [6, 6.07) is 4.05. The summed E-state index contributed by atoms with van der Waals surface area (Å²) in [5, 5.41) is 0. The van der Waals surface area contributed by atoms with Crippen molar-refractivity contribution in [2.24, 2.45) is 5.92 Å². The van der Waals surface area contributed by atoms with Crippen LogP contribution < -0.4 is 0 Å². The van der Waals surface area contributed by atoms with Crippen molar-refractivity contribution in [3.63, 3.8) is 0 Å². The minimum Gasteiger partial charge on any atom is -0.336 e. The van der Waals surface area contributed by atoms with Crippen molar-refractivity contribution in [3.05, 3.63) is 21.9 Å². The van der Waals surface area contributed by atoms with Gasteiger partial charge >= 0.3 is 0 Å². The number of amides is 2. The van der Waals surface area contributed by atoms with E-state index in [1.807, 2.05) is 28.9 Å². The van der Waals surface area contributed by atoms with Crippen LogP contribution in [0.3, 0.4) is 0 Å². The van der Waals surface area contributed by atoms with Gasteiger partial charge in [0, 0.05) is 36.5 Å². The maximum Gasteiger partial charge on any atom is 0.264 e. The first kappa shape index (κ1) is 17.5. The van der Waals surface area contributed by atoms with Gasteiger partial charge in [-0.15, -0.1) is 11.3 Å². The van der Waals surface area contributed by atoms with Gasteiger partial charge in [0.15, 0.2) is 0 Å². The summed E-state index contributed by atoms with van der Waals surface area (Å²) >= 11 is 1.55. The van der Waals surface area contributed by atoms with Crippen LogP contribution in [0.15, 0.2) is 12.1 Å². The normalized spacial score (nSPS) is 25.3. The molecule has 1 saturated heterocycles. The molecule has 0 aromatic carbocycles. The van der Waals surface area contributed by atoms with Crippen LogP contribution in [-0.4, -0.2) is 46.8 Å². The number of hydrogen-bond acceptors (Lipinski definition) is 3. The summed E-state index contributed by atoms with van der Waals surface area (Å²) in [5.41, 5.74) is 0. The van der Waals surface area contributed by atoms with Crippen LogP contribution in [0.2, 0.25) is 0 Å². The highest BCUT2D eigenvalue weighted by Crippen LogP contribution is 2.29. The van der Waals surface area contributed by atoms with Gasteiger partial charge in [-0.1, -0.05) is 12.8 Å². The van der Waals surface area contributed by atoms with E-state index in [1.165, 1.54) is 25.7 Å². The molecule has 1 aliphatic carbocycles. The number of rotatable bonds is 3. The van der Waals surface area contributed by atoms with Crippen LogP contribution in [0, 0.1) is 12.8 Å². The molecule has 2 atom stereocenters. The quantitative estimate of drug-likeness (QED) is 0.836. The highest BCUT2D eigenvalue weighted by molar-refractivity contribution is 7.13. The second-order valence-electron chi connectivity index (χ2n) is 7.33. The van der Waals surface area contributed by atoms with Gasteiger partial charge in [-0.3, -0.25) is 9.59 Å². The second kappa shape index (κ2) is 7.26. The molecule has 24 heavy (non-hydrogen) atoms. The number of carbonyl (C=O) groups excluding carboxylic acids is 2. The Morgan fingerprint density at radius 3 is 2.33 bits per heavy atom. The molecule has 2 fully saturated rings. The average molecular weight is 349 g/mol. The average Bonchev–Trinajstić information content (AvgIpc) is 3.21. The van der Waals surface area contributed by atoms with Gasteiger partial charge in [0.2, 0.25) is 5.91 Å². The predicted octanol–water partition coefficient (Wildman–Crippen LogP) is 3.70. The predicted molar refractivity (Wildman–Crippen MR) is 97.3 cm³/mol. The van der Waals surface area contributed by atoms with Crippen LogP contribution in [-0.2, 0) is 4.79 Å². The Bertz CT molecular complexity index is 606. The molecule has 0 bridgehead atoms. The lowest BCUT2D eigenvalue weighted by atomic mass is 9.99. The first-order chi connectivity index (χ1) is 11.5. The molecule has 0 spiro atoms. The summed E-state index contributed by atoms with van der Waals surface area (Å²) in [7, 11) is 0. The maximum atomic E-state index is 12.8. The number of thiophene rings is 1. The van der Waals surface area contributed by atoms with Crippen molar-refractivity contribution in [3.8, 4) is 0 Å². The van der Waals surface area contributed by atoms with Crippen molar-refractivity contribution in [2.45, 2.75) is 65.0 Å². The van der Waals surface area contributed by atoms with E-state index >= 15 is 0 Å². The minimum absolute atomic E-state index is 0.0567. The molecule has 5 heteroatoms. The molecule has 1 saturated carbocycles. The van der Waals surface area contributed by atoms with Gasteiger partial charge in [-0.05, 0) is 51.7 Å². The highest BCUT2D eigenvalue weighted by Gasteiger charge is 2.36. The van der Waals surface area contributed by atoms with E-state index in [9.17, 15) is 9.59 Å². The van der Waals surface area contributed by atoms with E-state index in [1.54, 1.807) is 11.3 Å². The van der Waals surface area contributed by atoms with Gasteiger partial charge in [0.25, 0.3) is 5.91 Å². The minimum atomic E-state index is 0.0567. The van der Waals surface area contributed by atoms with Crippen LogP contribution in [0.25, 0.3) is 0 Å². The smallest absolute Gasteiger partial charge is 0.264 e. The lowest BCUT2D eigenvalue weighted by Gasteiger charge is -2.45. The Balaban J connectivity index is 1.63. The Morgan fingerprint density at radius 2 is 1.71 bits per heavy atom. The summed E-state index contributed by atoms with van der Waals surface area (Å²) in [5.74, 6) is 0.962. The fraction of sp³-hybridized carbons (Fsp3) is 0.684. The highest BCUT2D eigenvalue weighted by atomic mass is 32.1. The van der Waals surface area contributed by atoms with Crippen LogP contribution >= 0.6 is 11.3 Å². The number of aryl methyl sites for hydroxylation is 1. The molecule has 132 valence electrons. The van der Waals surface area contributed by atoms with E-state index < -0.39 is 0 Å². The Hall–Kier alpha value is -1.36. The van der Waals surface area contributed by atoms with Crippen LogP contribution in [0.5, 0.6) is 0 Å². The fourth-order valence-electron chi connectivity index (χ4n) is 4.05. The molecule has 1 aromatic rings. The van der Waals surface area contributed by atoms with Crippen molar-refractivity contribution in [1.29, 1.82) is 0 Å². The van der Waals surface area contributed by atoms with E-state index in [2.05, 4.69) is 13.8 Å². The third-order valence-electron chi connectivity index (χ3n) is 5.73. The summed E-state index contributed by atoms with van der Waals surface area (Å²) in [6.45, 7) is 7.46. The zero-order chi connectivity index (χ0) is 17.3. The molecule has 0 unspecified atom stereocenters. The second-order valence-corrected chi connectivity index (χ2v) is 8.62. The first-order valence-electron chi connectivity index (χ1n) is 9.14. The van der Waals surface area contributed by atoms with Gasteiger partial charge in [-0.25, -0.2) is 0 Å². The molecule has 0 radical (unpaired) electrons. The van der Waals surface area contributed by atoms with Crippen molar-refractivity contribution < 1.29 is 9.59 Å². The molecular weight excluding hydrogens is 320 g/mol. The molecule has 1 aliphatic heterocycles. The first-order valence-corrected chi connectivity index (χ1v) is 9.96. The van der Waals surface area contributed by atoms with E-state index in [0.717, 1.165) is 9.75 Å². The molecule has 2 amide bonds. The van der Waals surface area contributed by atoms with Crippen LogP contribution in [0.1, 0.15) is 60.5 Å². The van der Waals surface area contributed by atoms with E-state index in [4.69, 9.17) is 0 Å². The number of carbonyl (C=O) groups is 2. The van der Waals surface area contributed by atoms with Gasteiger partial charge in [-0.2, -0.15) is 0 Å². The number of nitrogens with zero attached hydrogens (tertiary/aromatic N) is 2. The Labute approximate surface area is 148 Å². The van der Waals surface area contributed by atoms with E-state index in [0.29, 0.717) is 25.4 Å². The van der Waals surface area contributed by atoms with Gasteiger partial charge in [0.1, 0.15) is 0 Å². The molecule has 3 rings (SSSR count). The molecular formula is C19H28N2O2S. The number of piperazine rings is 1. The third kappa shape index (κ3) is 3.51. The summed E-state index contributed by atoms with van der Waals surface area (Å²) in [6.07, 6.45) is 5.63. The van der Waals surface area contributed by atoms with Crippen LogP contribution in [0.4, 0.5) is 0 Å². The molecule has 2 aliphatic rings. The third-order valence-corrected chi connectivity index (χ3v) is 6.72. The van der Waals surface area contributed by atoms with Crippen molar-refractivity contribution in [1.82, 2.24) is 9.80 Å². The SMILES string of the molecule is Cc1ccc(C(=O)N2CCN(C(=O)CC3CCCC3)[C@H](C)[C@H]2C)s1. The lowest BCUT2D eigenvalue weighted by Crippen LogP contribution is -2.60. The van der Waals surface area contributed by atoms with Crippen molar-refractivity contribution in [2.75, 3.05) is 13.1 Å². The maximum absolute atomic E-state index is 12.8. The van der Waals surface area contributed by atoms with E-state index in [-0.39, 0.29) is 23.9 Å². The van der Waals surface area contributed by atoms with Gasteiger partial charge < -0.3 is 9.80 Å². The monoisotopic (exact) mass is 348 g/mol. The molecule has 1 aromatic heterocycles. The lowest BCUT2D eigenvalue weighted by molar-refractivity contribution is -0.137. The Morgan fingerprint density at radius 1 is 1.08 bits per heavy atom. The summed E-state index contributed by atoms with van der Waals surface area (Å²) in [4.78, 5) is 31.3. The standard InChI is InChI=1S/C19H28N2O2S/c1-13-8-9-17(24-13)19(23)21-11-10-20(14(2)15(21)3)18(22)12-16-6-4-5-7-16/h8-9,14-16H,4-7,10-12H2,1-3H3/t14-,15-/m1/s1. The molecule has 0 N–H and O–H groups in total. The number of hydrogen-bond donors (Lipinski definition) is 0. The summed E-state index contributed by atoms with van der Waals surface area (Å²) < 4.78 is 0. The zero-order valence-corrected chi connectivity index (χ0v) is 15.8. The largest absolute Gasteiger partial charge is 0.336 e. The molecule has 2 heterocycles. The van der Waals surface area contributed by atoms with Crippen molar-refractivity contribution >= 4 is 23.2 Å². The van der Waals surface area contributed by atoms with Gasteiger partial charge in [0.05, 0.1) is 4.88 Å². The topological polar surface area (TPSA) is 40.6 Å². The zero-order valence-electron chi connectivity index (χ0n) is 15.0. The fourth-order valence-corrected chi connectivity index (χ4v) is 4.88. The Kier molecular flexibility index (Phi) is 5.28.